The Morgan fingerprint density at radius 2 is 1.71 bits per heavy atom. The highest BCUT2D eigenvalue weighted by molar-refractivity contribution is 6.30. The van der Waals surface area contributed by atoms with Crippen LogP contribution in [0.15, 0.2) is 24.3 Å². The minimum atomic E-state index is 0.304. The van der Waals surface area contributed by atoms with E-state index in [4.69, 9.17) is 11.6 Å². The van der Waals surface area contributed by atoms with E-state index in [1.807, 2.05) is 12.1 Å². The van der Waals surface area contributed by atoms with Crippen LogP contribution in [0.5, 0.6) is 0 Å². The number of benzene rings is 1. The van der Waals surface area contributed by atoms with E-state index >= 15 is 0 Å². The lowest BCUT2D eigenvalue weighted by molar-refractivity contribution is 0.180. The van der Waals surface area contributed by atoms with Crippen LogP contribution < -0.4 is 0 Å². The molecule has 17 heavy (non-hydrogen) atoms. The highest BCUT2D eigenvalue weighted by Crippen LogP contribution is 2.31. The third-order valence-electron chi connectivity index (χ3n) is 3.55. The molecule has 1 aromatic rings. The summed E-state index contributed by atoms with van der Waals surface area (Å²) >= 11 is 5.91. The second-order valence-electron chi connectivity index (χ2n) is 5.96. The Bertz CT molecular complexity index is 340. The van der Waals surface area contributed by atoms with Gasteiger partial charge in [-0.1, -0.05) is 44.5 Å². The summed E-state index contributed by atoms with van der Waals surface area (Å²) in [6.07, 6.45) is 1.10. The van der Waals surface area contributed by atoms with E-state index in [9.17, 15) is 0 Å². The second-order valence-corrected chi connectivity index (χ2v) is 6.39. The first-order chi connectivity index (χ1) is 7.81. The molecule has 1 aromatic carbocycles. The Kier molecular flexibility index (Phi) is 5.03. The number of hydrogen-bond donors (Lipinski definition) is 0. The summed E-state index contributed by atoms with van der Waals surface area (Å²) < 4.78 is 0. The van der Waals surface area contributed by atoms with Crippen molar-refractivity contribution < 1.29 is 0 Å². The lowest BCUT2D eigenvalue weighted by atomic mass is 9.75. The predicted molar refractivity (Wildman–Crippen MR) is 76.7 cm³/mol. The molecule has 0 saturated carbocycles. The van der Waals surface area contributed by atoms with Crippen LogP contribution in [0, 0.1) is 11.3 Å². The molecular weight excluding hydrogens is 230 g/mol. The van der Waals surface area contributed by atoms with E-state index in [1.165, 1.54) is 5.56 Å². The summed E-state index contributed by atoms with van der Waals surface area (Å²) in [4.78, 5) is 2.26. The minimum Gasteiger partial charge on any atom is -0.309 e. The summed E-state index contributed by atoms with van der Waals surface area (Å²) in [6.45, 7) is 8.14. The predicted octanol–water partition coefficient (Wildman–Crippen LogP) is 4.11. The molecule has 0 aliphatic carbocycles. The van der Waals surface area contributed by atoms with Gasteiger partial charge < -0.3 is 4.90 Å². The molecule has 0 aliphatic heterocycles. The van der Waals surface area contributed by atoms with Crippen LogP contribution in [0.25, 0.3) is 0 Å². The second kappa shape index (κ2) is 5.88. The molecule has 0 aliphatic rings. The Labute approximate surface area is 111 Å². The molecule has 2 heteroatoms. The Morgan fingerprint density at radius 1 is 1.18 bits per heavy atom. The Balaban J connectivity index is 2.68. The average molecular weight is 254 g/mol. The van der Waals surface area contributed by atoms with Crippen molar-refractivity contribution in [3.8, 4) is 0 Å². The van der Waals surface area contributed by atoms with Crippen LogP contribution in [0.1, 0.15) is 26.3 Å². The van der Waals surface area contributed by atoms with Crippen molar-refractivity contribution >= 4 is 11.6 Å². The maximum Gasteiger partial charge on any atom is 0.0406 e. The summed E-state index contributed by atoms with van der Waals surface area (Å²) in [5, 5.41) is 0.813. The van der Waals surface area contributed by atoms with Crippen LogP contribution in [0.2, 0.25) is 5.02 Å². The van der Waals surface area contributed by atoms with E-state index in [0.717, 1.165) is 18.0 Å². The van der Waals surface area contributed by atoms with Crippen LogP contribution >= 0.6 is 11.6 Å². The first kappa shape index (κ1) is 14.5. The molecule has 1 nitrogen and oxygen atoms in total. The first-order valence-electron chi connectivity index (χ1n) is 6.20. The summed E-state index contributed by atoms with van der Waals surface area (Å²) in [5.41, 5.74) is 1.67. The van der Waals surface area contributed by atoms with Gasteiger partial charge in [0.25, 0.3) is 0 Å². The quantitative estimate of drug-likeness (QED) is 0.764. The van der Waals surface area contributed by atoms with E-state index in [0.29, 0.717) is 11.3 Å². The van der Waals surface area contributed by atoms with Crippen molar-refractivity contribution in [2.75, 3.05) is 20.6 Å². The van der Waals surface area contributed by atoms with E-state index in [2.05, 4.69) is 51.9 Å². The summed E-state index contributed by atoms with van der Waals surface area (Å²) in [5.74, 6) is 0.660. The molecule has 0 saturated heterocycles. The maximum atomic E-state index is 5.91. The number of nitrogens with zero attached hydrogens (tertiary/aromatic N) is 1. The zero-order chi connectivity index (χ0) is 13.1. The number of halogens is 1. The van der Waals surface area contributed by atoms with Gasteiger partial charge in [-0.3, -0.25) is 0 Å². The lowest BCUT2D eigenvalue weighted by Gasteiger charge is -2.34. The van der Waals surface area contributed by atoms with Gasteiger partial charge >= 0.3 is 0 Å². The minimum absolute atomic E-state index is 0.304. The fraction of sp³-hybridized carbons (Fsp3) is 0.600. The highest BCUT2D eigenvalue weighted by Gasteiger charge is 2.26. The fourth-order valence-corrected chi connectivity index (χ4v) is 2.22. The molecule has 1 rings (SSSR count). The fourth-order valence-electron chi connectivity index (χ4n) is 2.10. The smallest absolute Gasteiger partial charge is 0.0406 e. The molecule has 0 bridgehead atoms. The molecule has 0 radical (unpaired) electrons. The zero-order valence-corrected chi connectivity index (χ0v) is 12.4. The highest BCUT2D eigenvalue weighted by atomic mass is 35.5. The van der Waals surface area contributed by atoms with Crippen LogP contribution in [-0.4, -0.2) is 25.5 Å². The third-order valence-corrected chi connectivity index (χ3v) is 3.80. The van der Waals surface area contributed by atoms with Crippen molar-refractivity contribution in [3.05, 3.63) is 34.9 Å². The van der Waals surface area contributed by atoms with Gasteiger partial charge in [0.15, 0.2) is 0 Å². The van der Waals surface area contributed by atoms with Gasteiger partial charge in [0, 0.05) is 11.6 Å². The first-order valence-corrected chi connectivity index (χ1v) is 6.58. The zero-order valence-electron chi connectivity index (χ0n) is 11.6. The number of rotatable bonds is 5. The van der Waals surface area contributed by atoms with Gasteiger partial charge in [-0.2, -0.15) is 0 Å². The van der Waals surface area contributed by atoms with Crippen LogP contribution in [0.3, 0.4) is 0 Å². The normalized spacial score (nSPS) is 14.1. The molecule has 0 amide bonds. The molecule has 0 unspecified atom stereocenters. The van der Waals surface area contributed by atoms with Gasteiger partial charge in [-0.15, -0.1) is 0 Å². The van der Waals surface area contributed by atoms with Crippen LogP contribution in [-0.2, 0) is 6.42 Å². The Hall–Kier alpha value is -0.530. The van der Waals surface area contributed by atoms with Gasteiger partial charge in [0.1, 0.15) is 0 Å². The topological polar surface area (TPSA) is 3.24 Å². The lowest BCUT2D eigenvalue weighted by Crippen LogP contribution is -2.32. The SMILES string of the molecule is C[C@@H](CN(C)C)C(C)(C)Cc1ccc(Cl)cc1. The monoisotopic (exact) mass is 253 g/mol. The molecule has 0 N–H and O–H groups in total. The van der Waals surface area contributed by atoms with E-state index < -0.39 is 0 Å². The van der Waals surface area contributed by atoms with Crippen molar-refractivity contribution in [3.63, 3.8) is 0 Å². The third kappa shape index (κ3) is 4.69. The van der Waals surface area contributed by atoms with E-state index in [1.54, 1.807) is 0 Å². The summed E-state index contributed by atoms with van der Waals surface area (Å²) in [6, 6.07) is 8.21. The molecule has 0 aromatic heterocycles. The van der Waals surface area contributed by atoms with Crippen molar-refractivity contribution in [2.24, 2.45) is 11.3 Å². The van der Waals surface area contributed by atoms with Gasteiger partial charge in [0.2, 0.25) is 0 Å². The molecule has 1 atom stereocenters. The largest absolute Gasteiger partial charge is 0.309 e. The molecule has 96 valence electrons. The van der Waals surface area contributed by atoms with E-state index in [-0.39, 0.29) is 0 Å². The van der Waals surface area contributed by atoms with Gasteiger partial charge in [0.05, 0.1) is 0 Å². The molecule has 0 heterocycles. The van der Waals surface area contributed by atoms with Gasteiger partial charge in [-0.25, -0.2) is 0 Å². The molecule has 0 fully saturated rings. The van der Waals surface area contributed by atoms with Crippen LogP contribution in [0.4, 0.5) is 0 Å². The molecular formula is C15H24ClN. The standard InChI is InChI=1S/C15H24ClN/c1-12(11-17(4)5)15(2,3)10-13-6-8-14(16)9-7-13/h6-9,12H,10-11H2,1-5H3/t12-/m0/s1. The average Bonchev–Trinajstić information content (AvgIpc) is 2.20. The van der Waals surface area contributed by atoms with Gasteiger partial charge in [-0.05, 0) is 49.5 Å². The maximum absolute atomic E-state index is 5.91. The number of hydrogen-bond acceptors (Lipinski definition) is 1. The summed E-state index contributed by atoms with van der Waals surface area (Å²) in [7, 11) is 4.27. The van der Waals surface area contributed by atoms with Crippen molar-refractivity contribution in [1.29, 1.82) is 0 Å². The van der Waals surface area contributed by atoms with Crippen molar-refractivity contribution in [2.45, 2.75) is 27.2 Å². The molecule has 0 spiro atoms. The Morgan fingerprint density at radius 3 is 2.18 bits per heavy atom. The van der Waals surface area contributed by atoms with Crippen molar-refractivity contribution in [1.82, 2.24) is 4.90 Å².